The van der Waals surface area contributed by atoms with Gasteiger partial charge in [0.1, 0.15) is 4.90 Å². The molecule has 0 spiro atoms. The smallest absolute Gasteiger partial charge is 0.243 e. The Morgan fingerprint density at radius 1 is 1.38 bits per heavy atom. The lowest BCUT2D eigenvalue weighted by atomic mass is 10.2. The van der Waals surface area contributed by atoms with Crippen LogP contribution in [0.15, 0.2) is 33.8 Å². The number of hydrogen-bond donors (Lipinski definition) is 1. The zero-order valence-corrected chi connectivity index (χ0v) is 14.8. The van der Waals surface area contributed by atoms with Gasteiger partial charge in [-0.3, -0.25) is 4.98 Å². The van der Waals surface area contributed by atoms with E-state index in [1.165, 1.54) is 6.20 Å². The van der Waals surface area contributed by atoms with E-state index < -0.39 is 10.0 Å². The molecule has 114 valence electrons. The first-order valence-corrected chi connectivity index (χ1v) is 8.85. The maximum atomic E-state index is 12.3. The van der Waals surface area contributed by atoms with Crippen molar-refractivity contribution in [2.45, 2.75) is 4.90 Å². The maximum Gasteiger partial charge on any atom is 0.243 e. The Morgan fingerprint density at radius 2 is 2.10 bits per heavy atom. The molecule has 0 atom stereocenters. The van der Waals surface area contributed by atoms with Gasteiger partial charge < -0.3 is 4.90 Å². The lowest BCUT2D eigenvalue weighted by Crippen LogP contribution is -2.31. The van der Waals surface area contributed by atoms with Crippen molar-refractivity contribution >= 4 is 48.5 Å². The summed E-state index contributed by atoms with van der Waals surface area (Å²) in [7, 11) is 0.0725. The van der Waals surface area contributed by atoms with Crippen LogP contribution >= 0.6 is 27.5 Å². The molecule has 0 aliphatic heterocycles. The Balaban J connectivity index is 2.37. The Hall–Kier alpha value is -0.730. The van der Waals surface area contributed by atoms with Crippen LogP contribution in [-0.4, -0.2) is 45.5 Å². The predicted molar refractivity (Wildman–Crippen MR) is 88.2 cm³/mol. The molecule has 0 unspecified atom stereocenters. The molecule has 0 saturated heterocycles. The first-order valence-electron chi connectivity index (χ1n) is 6.19. The van der Waals surface area contributed by atoms with Gasteiger partial charge in [-0.15, -0.1) is 0 Å². The number of benzene rings is 1. The molecule has 0 saturated carbocycles. The highest BCUT2D eigenvalue weighted by Crippen LogP contribution is 2.30. The molecule has 0 bridgehead atoms. The SMILES string of the molecule is CN(C)CCNS(=O)(=O)c1cnc2cc(Br)ccc2c1Cl. The zero-order chi connectivity index (χ0) is 15.6. The van der Waals surface area contributed by atoms with Gasteiger partial charge in [0, 0.05) is 29.1 Å². The van der Waals surface area contributed by atoms with E-state index in [0.29, 0.717) is 24.0 Å². The molecule has 0 amide bonds. The largest absolute Gasteiger partial charge is 0.308 e. The van der Waals surface area contributed by atoms with Crippen LogP contribution in [0.4, 0.5) is 0 Å². The van der Waals surface area contributed by atoms with Crippen molar-refractivity contribution in [3.63, 3.8) is 0 Å². The second kappa shape index (κ2) is 6.58. The second-order valence-electron chi connectivity index (χ2n) is 4.80. The molecular formula is C13H15BrClN3O2S. The summed E-state index contributed by atoms with van der Waals surface area (Å²) in [6.07, 6.45) is 1.29. The minimum absolute atomic E-state index is 0.00209. The monoisotopic (exact) mass is 391 g/mol. The summed E-state index contributed by atoms with van der Waals surface area (Å²) in [5.74, 6) is 0. The number of likely N-dealkylation sites (N-methyl/N-ethyl adjacent to an activating group) is 1. The van der Waals surface area contributed by atoms with Gasteiger partial charge in [0.15, 0.2) is 0 Å². The number of fused-ring (bicyclic) bond motifs is 1. The van der Waals surface area contributed by atoms with Gasteiger partial charge in [-0.05, 0) is 26.2 Å². The van der Waals surface area contributed by atoms with Crippen molar-refractivity contribution in [1.82, 2.24) is 14.6 Å². The number of halogens is 2. The molecule has 2 rings (SSSR count). The van der Waals surface area contributed by atoms with Crippen molar-refractivity contribution < 1.29 is 8.42 Å². The highest BCUT2D eigenvalue weighted by molar-refractivity contribution is 9.10. The van der Waals surface area contributed by atoms with Crippen molar-refractivity contribution in [1.29, 1.82) is 0 Å². The topological polar surface area (TPSA) is 62.3 Å². The normalized spacial score (nSPS) is 12.2. The zero-order valence-electron chi connectivity index (χ0n) is 11.6. The lowest BCUT2D eigenvalue weighted by molar-refractivity contribution is 0.412. The number of pyridine rings is 1. The molecule has 8 heteroatoms. The summed E-state index contributed by atoms with van der Waals surface area (Å²) in [6, 6.07) is 5.33. The van der Waals surface area contributed by atoms with E-state index in [-0.39, 0.29) is 9.92 Å². The van der Waals surface area contributed by atoms with E-state index in [4.69, 9.17) is 11.6 Å². The summed E-state index contributed by atoms with van der Waals surface area (Å²) in [4.78, 5) is 6.06. The van der Waals surface area contributed by atoms with E-state index in [2.05, 4.69) is 25.6 Å². The fourth-order valence-corrected chi connectivity index (χ4v) is 3.70. The first kappa shape index (κ1) is 16.6. The summed E-state index contributed by atoms with van der Waals surface area (Å²) in [5.41, 5.74) is 0.640. The van der Waals surface area contributed by atoms with E-state index in [9.17, 15) is 8.42 Å². The highest BCUT2D eigenvalue weighted by atomic mass is 79.9. The fourth-order valence-electron chi connectivity index (χ4n) is 1.78. The Kier molecular flexibility index (Phi) is 5.21. The van der Waals surface area contributed by atoms with Crippen molar-refractivity contribution in [2.75, 3.05) is 27.2 Å². The summed E-state index contributed by atoms with van der Waals surface area (Å²) in [5, 5.41) is 0.792. The molecular weight excluding hydrogens is 378 g/mol. The molecule has 0 aliphatic carbocycles. The molecule has 21 heavy (non-hydrogen) atoms. The Morgan fingerprint density at radius 3 is 2.76 bits per heavy atom. The van der Waals surface area contributed by atoms with Crippen molar-refractivity contribution in [3.8, 4) is 0 Å². The van der Waals surface area contributed by atoms with Crippen LogP contribution in [0.2, 0.25) is 5.02 Å². The van der Waals surface area contributed by atoms with Gasteiger partial charge in [-0.2, -0.15) is 0 Å². The van der Waals surface area contributed by atoms with Gasteiger partial charge in [0.05, 0.1) is 10.5 Å². The van der Waals surface area contributed by atoms with Crippen molar-refractivity contribution in [2.24, 2.45) is 0 Å². The number of rotatable bonds is 5. The minimum Gasteiger partial charge on any atom is -0.308 e. The molecule has 5 nitrogen and oxygen atoms in total. The number of hydrogen-bond acceptors (Lipinski definition) is 4. The third-order valence-corrected chi connectivity index (χ3v) is 5.36. The van der Waals surface area contributed by atoms with Crippen LogP contribution in [0.3, 0.4) is 0 Å². The van der Waals surface area contributed by atoms with Crippen LogP contribution in [-0.2, 0) is 10.0 Å². The average Bonchev–Trinajstić information content (AvgIpc) is 2.37. The van der Waals surface area contributed by atoms with Crippen LogP contribution < -0.4 is 4.72 Å². The van der Waals surface area contributed by atoms with Gasteiger partial charge in [0.2, 0.25) is 10.0 Å². The summed E-state index contributed by atoms with van der Waals surface area (Å²) < 4.78 is 27.9. The van der Waals surface area contributed by atoms with Gasteiger partial charge in [-0.25, -0.2) is 13.1 Å². The first-order chi connectivity index (χ1) is 9.81. The quantitative estimate of drug-likeness (QED) is 0.849. The number of sulfonamides is 1. The summed E-state index contributed by atoms with van der Waals surface area (Å²) in [6.45, 7) is 0.912. The molecule has 0 radical (unpaired) electrons. The molecule has 1 heterocycles. The van der Waals surface area contributed by atoms with Crippen LogP contribution in [0, 0.1) is 0 Å². The molecule has 2 aromatic rings. The molecule has 1 aromatic heterocycles. The van der Waals surface area contributed by atoms with Gasteiger partial charge in [-0.1, -0.05) is 33.6 Å². The standard InChI is InChI=1S/C13H15BrClN3O2S/c1-18(2)6-5-17-21(19,20)12-8-16-11-7-9(14)3-4-10(11)13(12)15/h3-4,7-8,17H,5-6H2,1-2H3. The third-order valence-electron chi connectivity index (χ3n) is 2.87. The van der Waals surface area contributed by atoms with E-state index >= 15 is 0 Å². The highest BCUT2D eigenvalue weighted by Gasteiger charge is 2.20. The summed E-state index contributed by atoms with van der Waals surface area (Å²) >= 11 is 9.58. The van der Waals surface area contributed by atoms with Gasteiger partial charge >= 0.3 is 0 Å². The minimum atomic E-state index is -3.67. The number of nitrogens with zero attached hydrogens (tertiary/aromatic N) is 2. The van der Waals surface area contributed by atoms with Crippen molar-refractivity contribution in [3.05, 3.63) is 33.9 Å². The Bertz CT molecular complexity index is 765. The van der Waals surface area contributed by atoms with E-state index in [1.807, 2.05) is 19.0 Å². The lowest BCUT2D eigenvalue weighted by Gasteiger charge is -2.12. The van der Waals surface area contributed by atoms with Crippen LogP contribution in [0.25, 0.3) is 10.9 Å². The molecule has 0 aliphatic rings. The maximum absolute atomic E-state index is 12.3. The molecule has 0 fully saturated rings. The molecule has 1 aromatic carbocycles. The van der Waals surface area contributed by atoms with Gasteiger partial charge in [0.25, 0.3) is 0 Å². The third kappa shape index (κ3) is 3.92. The van der Waals surface area contributed by atoms with E-state index in [0.717, 1.165) is 4.47 Å². The van der Waals surface area contributed by atoms with Crippen LogP contribution in [0.1, 0.15) is 0 Å². The Labute approximate surface area is 137 Å². The molecule has 1 N–H and O–H groups in total. The predicted octanol–water partition coefficient (Wildman–Crippen LogP) is 2.49. The van der Waals surface area contributed by atoms with Crippen LogP contribution in [0.5, 0.6) is 0 Å². The number of aromatic nitrogens is 1. The van der Waals surface area contributed by atoms with E-state index in [1.54, 1.807) is 18.2 Å². The fraction of sp³-hybridized carbons (Fsp3) is 0.308. The number of nitrogens with one attached hydrogen (secondary N) is 1. The second-order valence-corrected chi connectivity index (χ2v) is 7.83. The average molecular weight is 393 g/mol.